The molecule has 24 heavy (non-hydrogen) atoms. The molecule has 1 amide bonds. The lowest BCUT2D eigenvalue weighted by Gasteiger charge is -2.38. The van der Waals surface area contributed by atoms with E-state index in [1.165, 1.54) is 24.1 Å². The third-order valence-electron chi connectivity index (χ3n) is 3.92. The summed E-state index contributed by atoms with van der Waals surface area (Å²) in [5.41, 5.74) is -1.45. The molecule has 0 aromatic heterocycles. The monoisotopic (exact) mass is 337 g/mol. The van der Waals surface area contributed by atoms with Crippen LogP contribution in [0.25, 0.3) is 0 Å². The summed E-state index contributed by atoms with van der Waals surface area (Å²) in [6.07, 6.45) is 0.369. The highest BCUT2D eigenvalue weighted by Crippen LogP contribution is 2.36. The van der Waals surface area contributed by atoms with Crippen LogP contribution in [0.5, 0.6) is 0 Å². The number of alkyl halides is 1. The van der Waals surface area contributed by atoms with Crippen molar-refractivity contribution in [1.82, 2.24) is 4.90 Å². The van der Waals surface area contributed by atoms with E-state index < -0.39 is 23.3 Å². The van der Waals surface area contributed by atoms with Gasteiger partial charge in [-0.25, -0.2) is 14.0 Å². The zero-order valence-electron chi connectivity index (χ0n) is 14.6. The Kier molecular flexibility index (Phi) is 5.16. The number of carbonyl (C=O) groups is 2. The first kappa shape index (κ1) is 18.2. The van der Waals surface area contributed by atoms with Crippen LogP contribution in [0.1, 0.15) is 49.5 Å². The smallest absolute Gasteiger partial charge is 0.410 e. The standard InChI is InChI=1S/C18H24FNO4/c1-17(2,3)24-16(22)20-11-5-10-18(19,12-20)14-8-6-13(7-9-14)15(21)23-4/h6-9H,5,10-12H2,1-4H3. The van der Waals surface area contributed by atoms with Gasteiger partial charge in [0.05, 0.1) is 19.2 Å². The molecule has 1 aromatic rings. The van der Waals surface area contributed by atoms with Gasteiger partial charge in [-0.1, -0.05) is 12.1 Å². The summed E-state index contributed by atoms with van der Waals surface area (Å²) in [6, 6.07) is 6.22. The van der Waals surface area contributed by atoms with Gasteiger partial charge in [0.25, 0.3) is 0 Å². The largest absolute Gasteiger partial charge is 0.465 e. The van der Waals surface area contributed by atoms with E-state index >= 15 is 4.39 Å². The van der Waals surface area contributed by atoms with Crippen LogP contribution in [0, 0.1) is 0 Å². The molecule has 1 fully saturated rings. The first-order valence-corrected chi connectivity index (χ1v) is 8.00. The predicted octanol–water partition coefficient (Wildman–Crippen LogP) is 3.67. The maximum Gasteiger partial charge on any atom is 0.410 e. The molecule has 6 heteroatoms. The SMILES string of the molecule is COC(=O)c1ccc(C2(F)CCCN(C(=O)OC(C)(C)C)C2)cc1. The molecular formula is C18H24FNO4. The predicted molar refractivity (Wildman–Crippen MR) is 87.6 cm³/mol. The van der Waals surface area contributed by atoms with E-state index in [0.717, 1.165) is 0 Å². The lowest BCUT2D eigenvalue weighted by molar-refractivity contribution is -0.00665. The number of carbonyl (C=O) groups excluding carboxylic acids is 2. The number of likely N-dealkylation sites (tertiary alicyclic amines) is 1. The van der Waals surface area contributed by atoms with Crippen LogP contribution in [0.4, 0.5) is 9.18 Å². The van der Waals surface area contributed by atoms with Gasteiger partial charge in [0, 0.05) is 6.54 Å². The van der Waals surface area contributed by atoms with E-state index in [9.17, 15) is 9.59 Å². The number of hydrogen-bond acceptors (Lipinski definition) is 4. The molecule has 1 unspecified atom stereocenters. The lowest BCUT2D eigenvalue weighted by Crippen LogP contribution is -2.48. The van der Waals surface area contributed by atoms with Gasteiger partial charge in [-0.05, 0) is 51.3 Å². The summed E-state index contributed by atoms with van der Waals surface area (Å²) in [4.78, 5) is 25.1. The molecule has 1 atom stereocenters. The van der Waals surface area contributed by atoms with Crippen LogP contribution < -0.4 is 0 Å². The van der Waals surface area contributed by atoms with Crippen LogP contribution in [0.15, 0.2) is 24.3 Å². The lowest BCUT2D eigenvalue weighted by atomic mass is 9.87. The summed E-state index contributed by atoms with van der Waals surface area (Å²) < 4.78 is 25.4. The van der Waals surface area contributed by atoms with E-state index in [4.69, 9.17) is 4.74 Å². The van der Waals surface area contributed by atoms with Crippen LogP contribution in [-0.4, -0.2) is 42.8 Å². The van der Waals surface area contributed by atoms with Gasteiger partial charge in [0.15, 0.2) is 5.67 Å². The minimum absolute atomic E-state index is 0.0561. The molecule has 1 saturated heterocycles. The highest BCUT2D eigenvalue weighted by molar-refractivity contribution is 5.89. The van der Waals surface area contributed by atoms with Crippen molar-refractivity contribution in [3.63, 3.8) is 0 Å². The fourth-order valence-electron chi connectivity index (χ4n) is 2.75. The number of amides is 1. The van der Waals surface area contributed by atoms with Crippen molar-refractivity contribution in [3.05, 3.63) is 35.4 Å². The molecule has 0 N–H and O–H groups in total. The summed E-state index contributed by atoms with van der Waals surface area (Å²) in [5.74, 6) is -0.464. The van der Waals surface area contributed by atoms with Gasteiger partial charge in [0.1, 0.15) is 5.60 Å². The highest BCUT2D eigenvalue weighted by Gasteiger charge is 2.40. The Morgan fingerprint density at radius 2 is 1.83 bits per heavy atom. The molecule has 1 aromatic carbocycles. The average molecular weight is 337 g/mol. The van der Waals surface area contributed by atoms with Crippen molar-refractivity contribution in [1.29, 1.82) is 0 Å². The molecule has 0 radical (unpaired) electrons. The number of piperidine rings is 1. The second-order valence-electron chi connectivity index (χ2n) is 7.04. The van der Waals surface area contributed by atoms with E-state index in [1.807, 2.05) is 0 Å². The molecule has 0 aliphatic carbocycles. The second kappa shape index (κ2) is 6.79. The van der Waals surface area contributed by atoms with Crippen molar-refractivity contribution in [2.75, 3.05) is 20.2 Å². The summed E-state index contributed by atoms with van der Waals surface area (Å²) in [5, 5.41) is 0. The van der Waals surface area contributed by atoms with Crippen LogP contribution in [-0.2, 0) is 15.1 Å². The zero-order valence-corrected chi connectivity index (χ0v) is 14.6. The Balaban J connectivity index is 2.14. The third kappa shape index (κ3) is 4.24. The maximum atomic E-state index is 15.4. The summed E-state index contributed by atoms with van der Waals surface area (Å²) in [7, 11) is 1.30. The van der Waals surface area contributed by atoms with Crippen LogP contribution >= 0.6 is 0 Å². The van der Waals surface area contributed by atoms with Crippen LogP contribution in [0.3, 0.4) is 0 Å². The highest BCUT2D eigenvalue weighted by atomic mass is 19.1. The summed E-state index contributed by atoms with van der Waals surface area (Å²) >= 11 is 0. The first-order chi connectivity index (χ1) is 11.1. The molecule has 0 spiro atoms. The number of esters is 1. The fraction of sp³-hybridized carbons (Fsp3) is 0.556. The van der Waals surface area contributed by atoms with E-state index in [0.29, 0.717) is 30.5 Å². The van der Waals surface area contributed by atoms with E-state index in [2.05, 4.69) is 4.74 Å². The Labute approximate surface area is 141 Å². The maximum absolute atomic E-state index is 15.4. The van der Waals surface area contributed by atoms with Crippen molar-refractivity contribution < 1.29 is 23.5 Å². The first-order valence-electron chi connectivity index (χ1n) is 8.00. The Hall–Kier alpha value is -2.11. The Morgan fingerprint density at radius 3 is 2.38 bits per heavy atom. The van der Waals surface area contributed by atoms with Crippen molar-refractivity contribution >= 4 is 12.1 Å². The number of halogens is 1. The number of rotatable bonds is 2. The van der Waals surface area contributed by atoms with Gasteiger partial charge < -0.3 is 14.4 Å². The number of nitrogens with zero attached hydrogens (tertiary/aromatic N) is 1. The molecule has 5 nitrogen and oxygen atoms in total. The topological polar surface area (TPSA) is 55.8 Å². The van der Waals surface area contributed by atoms with E-state index in [1.54, 1.807) is 32.9 Å². The molecular weight excluding hydrogens is 313 g/mol. The molecule has 1 heterocycles. The van der Waals surface area contributed by atoms with Gasteiger partial charge in [-0.15, -0.1) is 0 Å². The Bertz CT molecular complexity index is 608. The Morgan fingerprint density at radius 1 is 1.21 bits per heavy atom. The van der Waals surface area contributed by atoms with Gasteiger partial charge in [0.2, 0.25) is 0 Å². The van der Waals surface area contributed by atoms with Crippen molar-refractivity contribution in [2.45, 2.75) is 44.9 Å². The fourth-order valence-corrected chi connectivity index (χ4v) is 2.75. The molecule has 1 aliphatic heterocycles. The number of hydrogen-bond donors (Lipinski definition) is 0. The molecule has 132 valence electrons. The van der Waals surface area contributed by atoms with E-state index in [-0.39, 0.29) is 6.54 Å². The quantitative estimate of drug-likeness (QED) is 0.773. The van der Waals surface area contributed by atoms with Crippen molar-refractivity contribution in [2.24, 2.45) is 0 Å². The molecule has 0 saturated carbocycles. The molecule has 2 rings (SSSR count). The minimum Gasteiger partial charge on any atom is -0.465 e. The molecule has 1 aliphatic rings. The van der Waals surface area contributed by atoms with Gasteiger partial charge >= 0.3 is 12.1 Å². The zero-order chi connectivity index (χ0) is 18.0. The minimum atomic E-state index is -1.65. The van der Waals surface area contributed by atoms with Gasteiger partial charge in [-0.3, -0.25) is 0 Å². The van der Waals surface area contributed by atoms with Crippen molar-refractivity contribution in [3.8, 4) is 0 Å². The average Bonchev–Trinajstić information content (AvgIpc) is 2.52. The van der Waals surface area contributed by atoms with Gasteiger partial charge in [-0.2, -0.15) is 0 Å². The third-order valence-corrected chi connectivity index (χ3v) is 3.92. The number of benzene rings is 1. The van der Waals surface area contributed by atoms with Crippen LogP contribution in [0.2, 0.25) is 0 Å². The second-order valence-corrected chi connectivity index (χ2v) is 7.04. The molecule has 0 bridgehead atoms. The normalized spacial score (nSPS) is 21.3. The number of ether oxygens (including phenoxy) is 2. The summed E-state index contributed by atoms with van der Waals surface area (Å²) in [6.45, 7) is 5.76. The number of methoxy groups -OCH3 is 1.